The Labute approximate surface area is 136 Å². The average Bonchev–Trinajstić information content (AvgIpc) is 2.89. The van der Waals surface area contributed by atoms with Gasteiger partial charge in [-0.15, -0.1) is 0 Å². The van der Waals surface area contributed by atoms with E-state index in [1.165, 1.54) is 12.1 Å². The van der Waals surface area contributed by atoms with Gasteiger partial charge in [0.05, 0.1) is 4.90 Å². The van der Waals surface area contributed by atoms with E-state index >= 15 is 0 Å². The van der Waals surface area contributed by atoms with Gasteiger partial charge in [-0.3, -0.25) is 0 Å². The van der Waals surface area contributed by atoms with Crippen molar-refractivity contribution < 1.29 is 12.9 Å². The van der Waals surface area contributed by atoms with E-state index in [-0.39, 0.29) is 10.8 Å². The van der Waals surface area contributed by atoms with E-state index in [1.54, 1.807) is 18.2 Å². The minimum atomic E-state index is -3.72. The van der Waals surface area contributed by atoms with Gasteiger partial charge in [-0.1, -0.05) is 53.7 Å². The lowest BCUT2D eigenvalue weighted by Crippen LogP contribution is -2.12. The zero-order valence-corrected chi connectivity index (χ0v) is 13.6. The molecule has 2 aromatic carbocycles. The first-order valence-electron chi connectivity index (χ1n) is 6.36. The van der Waals surface area contributed by atoms with Crippen molar-refractivity contribution in [3.8, 4) is 11.3 Å². The average molecular weight is 379 g/mol. The van der Waals surface area contributed by atoms with E-state index in [2.05, 4.69) is 25.8 Å². The monoisotopic (exact) mass is 378 g/mol. The third-order valence-corrected chi connectivity index (χ3v) is 5.05. The third kappa shape index (κ3) is 2.90. The van der Waals surface area contributed by atoms with Gasteiger partial charge in [0.1, 0.15) is 10.2 Å². The first-order valence-corrected chi connectivity index (χ1v) is 8.64. The molecule has 5 nitrogen and oxygen atoms in total. The van der Waals surface area contributed by atoms with Crippen molar-refractivity contribution in [3.05, 3.63) is 65.1 Å². The maximum absolute atomic E-state index is 12.3. The summed E-state index contributed by atoms with van der Waals surface area (Å²) in [5, 5.41) is 3.91. The topological polar surface area (TPSA) is 72.2 Å². The fourth-order valence-electron chi connectivity index (χ4n) is 1.90. The smallest absolute Gasteiger partial charge is 0.264 e. The van der Waals surface area contributed by atoms with Crippen molar-refractivity contribution >= 4 is 31.8 Å². The van der Waals surface area contributed by atoms with Crippen LogP contribution in [0.5, 0.6) is 0 Å². The van der Waals surface area contributed by atoms with E-state index in [1.807, 2.05) is 30.3 Å². The van der Waals surface area contributed by atoms with Gasteiger partial charge in [0.15, 0.2) is 0 Å². The quantitative estimate of drug-likeness (QED) is 0.746. The molecule has 1 aromatic heterocycles. The zero-order chi connectivity index (χ0) is 15.6. The van der Waals surface area contributed by atoms with Crippen LogP contribution >= 0.6 is 15.9 Å². The van der Waals surface area contributed by atoms with E-state index in [0.717, 1.165) is 5.56 Å². The van der Waals surface area contributed by atoms with Crippen LogP contribution in [0.1, 0.15) is 0 Å². The number of halogens is 1. The molecule has 0 bridgehead atoms. The summed E-state index contributed by atoms with van der Waals surface area (Å²) < 4.78 is 32.5. The molecule has 1 N–H and O–H groups in total. The molecule has 0 atom stereocenters. The number of rotatable bonds is 4. The predicted octanol–water partition coefficient (Wildman–Crippen LogP) is 3.90. The summed E-state index contributed by atoms with van der Waals surface area (Å²) in [6, 6.07) is 17.4. The maximum atomic E-state index is 12.3. The lowest BCUT2D eigenvalue weighted by atomic mass is 10.2. The van der Waals surface area contributed by atoms with Gasteiger partial charge in [0.2, 0.25) is 0 Å². The number of hydrogen-bond acceptors (Lipinski definition) is 4. The van der Waals surface area contributed by atoms with Crippen LogP contribution in [-0.2, 0) is 10.0 Å². The Bertz CT molecular complexity index is 878. The highest BCUT2D eigenvalue weighted by Gasteiger charge is 2.21. The summed E-state index contributed by atoms with van der Waals surface area (Å²) in [5.74, 6) is 0.0442. The Morgan fingerprint density at radius 1 is 0.955 bits per heavy atom. The Morgan fingerprint density at radius 2 is 1.55 bits per heavy atom. The molecule has 0 unspecified atom stereocenters. The number of nitrogens with zero attached hydrogens (tertiary/aromatic N) is 1. The van der Waals surface area contributed by atoms with Gasteiger partial charge in [0.25, 0.3) is 15.9 Å². The highest BCUT2D eigenvalue weighted by atomic mass is 79.9. The van der Waals surface area contributed by atoms with Crippen molar-refractivity contribution in [1.82, 2.24) is 5.16 Å². The van der Waals surface area contributed by atoms with E-state index < -0.39 is 10.0 Å². The molecule has 1 heterocycles. The third-order valence-electron chi connectivity index (χ3n) is 2.96. The summed E-state index contributed by atoms with van der Waals surface area (Å²) in [5.41, 5.74) is 1.36. The molecule has 0 amide bonds. The molecular weight excluding hydrogens is 368 g/mol. The second kappa shape index (κ2) is 5.94. The van der Waals surface area contributed by atoms with Crippen LogP contribution in [-0.4, -0.2) is 13.6 Å². The summed E-state index contributed by atoms with van der Waals surface area (Å²) >= 11 is 3.33. The summed E-state index contributed by atoms with van der Waals surface area (Å²) in [6.45, 7) is 0. The highest BCUT2D eigenvalue weighted by Crippen LogP contribution is 2.34. The number of hydrogen-bond donors (Lipinski definition) is 1. The standard InChI is InChI=1S/C15H11BrN2O3S/c16-13-14(11-7-3-1-4-8-11)17-21-15(13)18-22(19,20)12-9-5-2-6-10-12/h1-10,18H. The van der Waals surface area contributed by atoms with Gasteiger partial charge in [-0.05, 0) is 28.1 Å². The normalized spacial score (nSPS) is 11.3. The van der Waals surface area contributed by atoms with Crippen molar-refractivity contribution in [2.24, 2.45) is 0 Å². The predicted molar refractivity (Wildman–Crippen MR) is 86.9 cm³/mol. The fourth-order valence-corrected chi connectivity index (χ4v) is 3.52. The molecule has 3 rings (SSSR count). The molecule has 0 aliphatic rings. The largest absolute Gasteiger partial charge is 0.336 e. The molecule has 0 aliphatic carbocycles. The van der Waals surface area contributed by atoms with E-state index in [0.29, 0.717) is 10.2 Å². The second-order valence-corrected chi connectivity index (χ2v) is 6.93. The van der Waals surface area contributed by atoms with Crippen LogP contribution in [0.4, 0.5) is 5.88 Å². The van der Waals surface area contributed by atoms with Crippen LogP contribution in [0.3, 0.4) is 0 Å². The van der Waals surface area contributed by atoms with Crippen LogP contribution in [0.2, 0.25) is 0 Å². The van der Waals surface area contributed by atoms with Crippen LogP contribution in [0, 0.1) is 0 Å². The zero-order valence-electron chi connectivity index (χ0n) is 11.2. The van der Waals surface area contributed by atoms with E-state index in [9.17, 15) is 8.42 Å². The minimum Gasteiger partial charge on any atom is -0.336 e. The molecule has 3 aromatic rings. The Hall–Kier alpha value is -2.12. The highest BCUT2D eigenvalue weighted by molar-refractivity contribution is 9.10. The van der Waals surface area contributed by atoms with Gasteiger partial charge in [0, 0.05) is 5.56 Å². The molecule has 22 heavy (non-hydrogen) atoms. The first kappa shape index (κ1) is 14.8. The first-order chi connectivity index (χ1) is 10.6. The summed E-state index contributed by atoms with van der Waals surface area (Å²) in [6.07, 6.45) is 0. The van der Waals surface area contributed by atoms with Gasteiger partial charge in [-0.2, -0.15) is 0 Å². The summed E-state index contributed by atoms with van der Waals surface area (Å²) in [7, 11) is -3.72. The molecular formula is C15H11BrN2O3S. The van der Waals surface area contributed by atoms with Crippen LogP contribution < -0.4 is 4.72 Å². The van der Waals surface area contributed by atoms with Gasteiger partial charge >= 0.3 is 0 Å². The van der Waals surface area contributed by atoms with Gasteiger partial charge < -0.3 is 4.52 Å². The lowest BCUT2D eigenvalue weighted by molar-refractivity contribution is 0.438. The van der Waals surface area contributed by atoms with Crippen molar-refractivity contribution in [3.63, 3.8) is 0 Å². The van der Waals surface area contributed by atoms with Crippen molar-refractivity contribution in [2.75, 3.05) is 4.72 Å². The molecule has 0 fully saturated rings. The van der Waals surface area contributed by atoms with Crippen molar-refractivity contribution in [2.45, 2.75) is 4.90 Å². The molecule has 0 aliphatic heterocycles. The number of nitrogens with one attached hydrogen (secondary N) is 1. The van der Waals surface area contributed by atoms with Crippen molar-refractivity contribution in [1.29, 1.82) is 0 Å². The minimum absolute atomic E-state index is 0.0442. The number of benzene rings is 2. The van der Waals surface area contributed by atoms with Crippen LogP contribution in [0.15, 0.2) is 74.6 Å². The number of anilines is 1. The fraction of sp³-hybridized carbons (Fsp3) is 0. The Kier molecular flexibility index (Phi) is 4.00. The molecule has 0 radical (unpaired) electrons. The second-order valence-electron chi connectivity index (χ2n) is 4.46. The Balaban J connectivity index is 1.93. The molecule has 0 saturated heterocycles. The Morgan fingerprint density at radius 3 is 2.18 bits per heavy atom. The summed E-state index contributed by atoms with van der Waals surface area (Å²) in [4.78, 5) is 0.152. The van der Waals surface area contributed by atoms with Crippen LogP contribution in [0.25, 0.3) is 11.3 Å². The molecule has 7 heteroatoms. The molecule has 112 valence electrons. The maximum Gasteiger partial charge on any atom is 0.264 e. The SMILES string of the molecule is O=S(=O)(Nc1onc(-c2ccccc2)c1Br)c1ccccc1. The lowest BCUT2D eigenvalue weighted by Gasteiger charge is -2.04. The molecule has 0 saturated carbocycles. The van der Waals surface area contributed by atoms with E-state index in [4.69, 9.17) is 4.52 Å². The van der Waals surface area contributed by atoms with Gasteiger partial charge in [-0.25, -0.2) is 13.1 Å². The number of sulfonamides is 1. The number of aromatic nitrogens is 1. The molecule has 0 spiro atoms.